The van der Waals surface area contributed by atoms with Crippen molar-refractivity contribution in [3.05, 3.63) is 40.3 Å². The average molecular weight is 273 g/mol. The lowest BCUT2D eigenvalue weighted by molar-refractivity contribution is -0.141. The van der Waals surface area contributed by atoms with Gasteiger partial charge in [-0.15, -0.1) is 11.3 Å². The highest BCUT2D eigenvalue weighted by atomic mass is 32.1. The third-order valence-electron chi connectivity index (χ3n) is 2.18. The summed E-state index contributed by atoms with van der Waals surface area (Å²) in [7, 11) is 0. The van der Waals surface area contributed by atoms with E-state index in [0.29, 0.717) is 6.54 Å². The number of halogens is 3. The summed E-state index contributed by atoms with van der Waals surface area (Å²) in [6, 6.07) is 4.75. The molecular weight excluding hydrogens is 263 g/mol. The predicted molar refractivity (Wildman–Crippen MR) is 63.5 cm³/mol. The molecule has 0 aliphatic carbocycles. The minimum atomic E-state index is -4.44. The first-order valence-electron chi connectivity index (χ1n) is 5.22. The lowest BCUT2D eigenvalue weighted by atomic mass is 10.3. The summed E-state index contributed by atoms with van der Waals surface area (Å²) in [5.74, 6) is 0.00128. The Labute approximate surface area is 106 Å². The Morgan fingerprint density at radius 2 is 2.11 bits per heavy atom. The molecule has 0 atom stereocenters. The van der Waals surface area contributed by atoms with Crippen LogP contribution in [0.15, 0.2) is 29.8 Å². The van der Waals surface area contributed by atoms with E-state index >= 15 is 0 Å². The molecule has 1 N–H and O–H groups in total. The van der Waals surface area contributed by atoms with Crippen molar-refractivity contribution >= 4 is 17.3 Å². The van der Waals surface area contributed by atoms with Gasteiger partial charge in [0.25, 0.3) is 0 Å². The maximum atomic E-state index is 12.4. The summed E-state index contributed by atoms with van der Waals surface area (Å²) in [5.41, 5.74) is -0.934. The van der Waals surface area contributed by atoms with E-state index in [2.05, 4.69) is 15.3 Å². The molecule has 0 fully saturated rings. The minimum Gasteiger partial charge on any atom is -0.354 e. The van der Waals surface area contributed by atoms with Gasteiger partial charge in [0.15, 0.2) is 0 Å². The number of rotatable bonds is 4. The summed E-state index contributed by atoms with van der Waals surface area (Å²) in [6.45, 7) is 0.502. The van der Waals surface area contributed by atoms with Gasteiger partial charge in [-0.2, -0.15) is 13.2 Å². The third kappa shape index (κ3) is 3.43. The Morgan fingerprint density at radius 1 is 1.28 bits per heavy atom. The van der Waals surface area contributed by atoms with Crippen molar-refractivity contribution in [3.63, 3.8) is 0 Å². The van der Waals surface area contributed by atoms with Crippen molar-refractivity contribution in [3.8, 4) is 0 Å². The molecule has 2 heterocycles. The Bertz CT molecular complexity index is 496. The molecule has 0 radical (unpaired) electrons. The summed E-state index contributed by atoms with van der Waals surface area (Å²) in [4.78, 5) is 8.33. The normalized spacial score (nSPS) is 11.5. The van der Waals surface area contributed by atoms with Crippen molar-refractivity contribution in [1.29, 1.82) is 0 Å². The maximum absolute atomic E-state index is 12.4. The zero-order valence-corrected chi connectivity index (χ0v) is 10.1. The van der Waals surface area contributed by atoms with Crippen LogP contribution < -0.4 is 5.32 Å². The van der Waals surface area contributed by atoms with Crippen LogP contribution in [0.25, 0.3) is 0 Å². The van der Waals surface area contributed by atoms with Crippen LogP contribution >= 0.6 is 11.3 Å². The van der Waals surface area contributed by atoms with Gasteiger partial charge in [0.1, 0.15) is 5.69 Å². The Morgan fingerprint density at radius 3 is 2.78 bits per heavy atom. The summed E-state index contributed by atoms with van der Waals surface area (Å²) >= 11 is 1.60. The monoisotopic (exact) mass is 273 g/mol. The van der Waals surface area contributed by atoms with Gasteiger partial charge in [0.2, 0.25) is 5.95 Å². The highest BCUT2D eigenvalue weighted by Crippen LogP contribution is 2.27. The van der Waals surface area contributed by atoms with E-state index < -0.39 is 11.9 Å². The van der Waals surface area contributed by atoms with E-state index in [1.807, 2.05) is 17.5 Å². The molecule has 7 heteroatoms. The van der Waals surface area contributed by atoms with Gasteiger partial charge >= 0.3 is 6.18 Å². The SMILES string of the molecule is FC(F)(F)c1ccnc(NCCc2cccs2)n1. The topological polar surface area (TPSA) is 37.8 Å². The number of anilines is 1. The molecule has 3 nitrogen and oxygen atoms in total. The van der Waals surface area contributed by atoms with E-state index in [9.17, 15) is 13.2 Å². The fourth-order valence-electron chi connectivity index (χ4n) is 1.35. The molecule has 18 heavy (non-hydrogen) atoms. The number of nitrogens with zero attached hydrogens (tertiary/aromatic N) is 2. The molecule has 0 saturated heterocycles. The van der Waals surface area contributed by atoms with Crippen molar-refractivity contribution in [2.75, 3.05) is 11.9 Å². The average Bonchev–Trinajstić information content (AvgIpc) is 2.81. The lowest BCUT2D eigenvalue weighted by Gasteiger charge is -2.08. The molecule has 0 aromatic carbocycles. The predicted octanol–water partition coefficient (Wildman–Crippen LogP) is 3.21. The van der Waals surface area contributed by atoms with Crippen LogP contribution in [0.2, 0.25) is 0 Å². The Hall–Kier alpha value is -1.63. The first kappa shape index (κ1) is 12.8. The molecule has 0 amide bonds. The smallest absolute Gasteiger partial charge is 0.354 e. The molecule has 0 aliphatic heterocycles. The first-order valence-corrected chi connectivity index (χ1v) is 6.10. The van der Waals surface area contributed by atoms with Crippen molar-refractivity contribution in [2.24, 2.45) is 0 Å². The summed E-state index contributed by atoms with van der Waals surface area (Å²) in [5, 5.41) is 4.73. The van der Waals surface area contributed by atoms with E-state index in [0.717, 1.165) is 23.6 Å². The molecule has 0 bridgehead atoms. The number of aromatic nitrogens is 2. The van der Waals surface area contributed by atoms with Crippen molar-refractivity contribution in [2.45, 2.75) is 12.6 Å². The van der Waals surface area contributed by atoms with Crippen LogP contribution in [0.4, 0.5) is 19.1 Å². The molecule has 0 saturated carbocycles. The van der Waals surface area contributed by atoms with Crippen LogP contribution in [-0.4, -0.2) is 16.5 Å². The van der Waals surface area contributed by atoms with E-state index in [1.54, 1.807) is 11.3 Å². The van der Waals surface area contributed by atoms with Gasteiger partial charge in [-0.3, -0.25) is 0 Å². The van der Waals surface area contributed by atoms with E-state index in [4.69, 9.17) is 0 Å². The second-order valence-electron chi connectivity index (χ2n) is 3.52. The van der Waals surface area contributed by atoms with Gasteiger partial charge in [0.05, 0.1) is 0 Å². The number of alkyl halides is 3. The van der Waals surface area contributed by atoms with E-state index in [1.165, 1.54) is 0 Å². The summed E-state index contributed by atoms with van der Waals surface area (Å²) in [6.07, 6.45) is -2.60. The minimum absolute atomic E-state index is 0.00128. The quantitative estimate of drug-likeness (QED) is 0.929. The van der Waals surface area contributed by atoms with Gasteiger partial charge in [-0.05, 0) is 23.9 Å². The number of hydrogen-bond acceptors (Lipinski definition) is 4. The molecule has 96 valence electrons. The zero-order chi connectivity index (χ0) is 13.0. The molecule has 2 aromatic heterocycles. The molecule has 0 spiro atoms. The van der Waals surface area contributed by atoms with Crippen molar-refractivity contribution in [1.82, 2.24) is 9.97 Å². The van der Waals surface area contributed by atoms with Gasteiger partial charge in [-0.1, -0.05) is 6.07 Å². The van der Waals surface area contributed by atoms with Gasteiger partial charge in [0, 0.05) is 17.6 Å². The van der Waals surface area contributed by atoms with Crippen LogP contribution in [0.1, 0.15) is 10.6 Å². The molecular formula is C11H10F3N3S. The zero-order valence-electron chi connectivity index (χ0n) is 9.24. The van der Waals surface area contributed by atoms with Crippen LogP contribution in [0.3, 0.4) is 0 Å². The fourth-order valence-corrected chi connectivity index (χ4v) is 2.06. The molecule has 2 aromatic rings. The Kier molecular flexibility index (Phi) is 3.81. The second kappa shape index (κ2) is 5.34. The lowest BCUT2D eigenvalue weighted by Crippen LogP contribution is -2.12. The van der Waals surface area contributed by atoms with Gasteiger partial charge < -0.3 is 5.32 Å². The standard InChI is InChI=1S/C11H10F3N3S/c12-11(13,14)9-4-6-16-10(17-9)15-5-3-8-2-1-7-18-8/h1-2,4,6-7H,3,5H2,(H,15,16,17). The van der Waals surface area contributed by atoms with Crippen LogP contribution in [0.5, 0.6) is 0 Å². The van der Waals surface area contributed by atoms with Gasteiger partial charge in [-0.25, -0.2) is 9.97 Å². The van der Waals surface area contributed by atoms with Crippen LogP contribution in [0, 0.1) is 0 Å². The number of hydrogen-bond donors (Lipinski definition) is 1. The molecule has 0 aliphatic rings. The molecule has 2 rings (SSSR count). The highest BCUT2D eigenvalue weighted by molar-refractivity contribution is 7.09. The largest absolute Gasteiger partial charge is 0.433 e. The number of thiophene rings is 1. The Balaban J connectivity index is 1.93. The third-order valence-corrected chi connectivity index (χ3v) is 3.12. The van der Waals surface area contributed by atoms with Crippen molar-refractivity contribution < 1.29 is 13.2 Å². The maximum Gasteiger partial charge on any atom is 0.433 e. The molecule has 0 unspecified atom stereocenters. The fraction of sp³-hybridized carbons (Fsp3) is 0.273. The second-order valence-corrected chi connectivity index (χ2v) is 4.55. The highest BCUT2D eigenvalue weighted by Gasteiger charge is 2.32. The van der Waals surface area contributed by atoms with E-state index in [-0.39, 0.29) is 5.95 Å². The first-order chi connectivity index (χ1) is 8.55. The number of nitrogens with one attached hydrogen (secondary N) is 1. The summed E-state index contributed by atoms with van der Waals surface area (Å²) < 4.78 is 37.2. The van der Waals surface area contributed by atoms with Crippen LogP contribution in [-0.2, 0) is 12.6 Å².